The second-order valence-electron chi connectivity index (χ2n) is 10.2. The van der Waals surface area contributed by atoms with Crippen molar-refractivity contribution in [3.05, 3.63) is 59.7 Å². The smallest absolute Gasteiger partial charge is 0.159 e. The molecule has 0 bridgehead atoms. The molecule has 9 heteroatoms. The van der Waals surface area contributed by atoms with Crippen molar-refractivity contribution in [3.8, 4) is 28.4 Å². The number of fused-ring (bicyclic) bond motifs is 1. The molecule has 2 aromatic heterocycles. The number of nitrogens with zero attached hydrogens (tertiary/aromatic N) is 3. The van der Waals surface area contributed by atoms with Gasteiger partial charge in [-0.05, 0) is 61.6 Å². The standard InChI is InChI=1S/C28H32FN5O3/c1-4-16-12-19(36)5-6-20(16)21-7-8-22-25(24(21)29)32-33-26(22)27-30-13-23(31-27)17-11-18(15-35)34(14-17)10-9-28(2,3)37/h5-8,11-13,18,35-37H,4,9-10,14-15H2,1-3H3,(H,30,31)(H,32,33)/t18-/m1/s1. The van der Waals surface area contributed by atoms with Crippen LogP contribution in [0, 0.1) is 5.82 Å². The van der Waals surface area contributed by atoms with Gasteiger partial charge in [0.15, 0.2) is 11.6 Å². The van der Waals surface area contributed by atoms with Crippen LogP contribution in [0.1, 0.15) is 38.4 Å². The van der Waals surface area contributed by atoms with Crippen molar-refractivity contribution < 1.29 is 19.7 Å². The predicted octanol–water partition coefficient (Wildman–Crippen LogP) is 4.25. The van der Waals surface area contributed by atoms with Gasteiger partial charge in [0.1, 0.15) is 17.0 Å². The first-order chi connectivity index (χ1) is 17.7. The molecule has 0 aliphatic carbocycles. The van der Waals surface area contributed by atoms with E-state index in [-0.39, 0.29) is 23.9 Å². The number of imidazole rings is 1. The van der Waals surface area contributed by atoms with Gasteiger partial charge in [-0.25, -0.2) is 9.37 Å². The fraction of sp³-hybridized carbons (Fsp3) is 0.357. The van der Waals surface area contributed by atoms with Crippen LogP contribution in [-0.2, 0) is 6.42 Å². The third-order valence-corrected chi connectivity index (χ3v) is 7.02. The number of phenols is 1. The Hall–Kier alpha value is -3.53. The molecule has 4 aromatic rings. The van der Waals surface area contributed by atoms with E-state index in [2.05, 4.69) is 25.1 Å². The summed E-state index contributed by atoms with van der Waals surface area (Å²) in [7, 11) is 0. The van der Waals surface area contributed by atoms with Gasteiger partial charge in [-0.2, -0.15) is 5.10 Å². The van der Waals surface area contributed by atoms with Crippen LogP contribution in [0.5, 0.6) is 5.75 Å². The normalized spacial score (nSPS) is 16.6. The van der Waals surface area contributed by atoms with Gasteiger partial charge in [0.05, 0.1) is 30.1 Å². The van der Waals surface area contributed by atoms with E-state index in [1.54, 1.807) is 44.3 Å². The van der Waals surface area contributed by atoms with Gasteiger partial charge in [0, 0.05) is 24.0 Å². The number of aryl methyl sites for hydroxylation is 1. The third-order valence-electron chi connectivity index (χ3n) is 7.02. The second kappa shape index (κ2) is 9.74. The van der Waals surface area contributed by atoms with E-state index in [0.29, 0.717) is 48.4 Å². The number of rotatable bonds is 8. The largest absolute Gasteiger partial charge is 0.508 e. The maximum atomic E-state index is 15.6. The molecule has 1 atom stereocenters. The number of aromatic hydroxyl groups is 1. The van der Waals surface area contributed by atoms with Crippen molar-refractivity contribution in [3.63, 3.8) is 0 Å². The second-order valence-corrected chi connectivity index (χ2v) is 10.2. The number of aliphatic hydroxyl groups is 2. The van der Waals surface area contributed by atoms with Gasteiger partial charge in [-0.3, -0.25) is 10.00 Å². The third kappa shape index (κ3) is 4.90. The monoisotopic (exact) mass is 505 g/mol. The lowest BCUT2D eigenvalue weighted by atomic mass is 9.96. The molecule has 0 fully saturated rings. The molecule has 194 valence electrons. The fourth-order valence-electron chi connectivity index (χ4n) is 4.91. The van der Waals surface area contributed by atoms with E-state index < -0.39 is 11.4 Å². The average molecular weight is 506 g/mol. The first-order valence-electron chi connectivity index (χ1n) is 12.5. The molecule has 0 unspecified atom stereocenters. The van der Waals surface area contributed by atoms with Crippen molar-refractivity contribution >= 4 is 16.5 Å². The van der Waals surface area contributed by atoms with Crippen molar-refractivity contribution in [2.45, 2.75) is 45.3 Å². The SMILES string of the molecule is CCc1cc(O)ccc1-c1ccc2c(-c3ncc(C4=C[C@H](CO)N(CCC(C)(C)O)C4)[nH]3)[nH]nc2c1F. The molecule has 0 radical (unpaired) electrons. The number of aliphatic hydroxyl groups excluding tert-OH is 1. The first-order valence-corrected chi connectivity index (χ1v) is 12.5. The highest BCUT2D eigenvalue weighted by Crippen LogP contribution is 2.35. The zero-order valence-electron chi connectivity index (χ0n) is 21.2. The van der Waals surface area contributed by atoms with E-state index in [4.69, 9.17) is 0 Å². The van der Waals surface area contributed by atoms with Crippen molar-refractivity contribution in [1.29, 1.82) is 0 Å². The number of aromatic amines is 2. The fourth-order valence-corrected chi connectivity index (χ4v) is 4.91. The van der Waals surface area contributed by atoms with Crippen LogP contribution in [-0.4, -0.2) is 71.7 Å². The Labute approximate surface area is 214 Å². The minimum absolute atomic E-state index is 0.01000. The van der Waals surface area contributed by atoms with Crippen LogP contribution >= 0.6 is 0 Å². The summed E-state index contributed by atoms with van der Waals surface area (Å²) in [5.41, 5.74) is 3.86. The Kier molecular flexibility index (Phi) is 6.61. The van der Waals surface area contributed by atoms with Gasteiger partial charge >= 0.3 is 0 Å². The van der Waals surface area contributed by atoms with Gasteiger partial charge in [-0.1, -0.05) is 25.1 Å². The van der Waals surface area contributed by atoms with E-state index in [9.17, 15) is 15.3 Å². The Balaban J connectivity index is 1.43. The highest BCUT2D eigenvalue weighted by molar-refractivity contribution is 5.95. The van der Waals surface area contributed by atoms with Gasteiger partial charge in [0.25, 0.3) is 0 Å². The first kappa shape index (κ1) is 25.1. The molecular weight excluding hydrogens is 473 g/mol. The minimum Gasteiger partial charge on any atom is -0.508 e. The van der Waals surface area contributed by atoms with Crippen LogP contribution in [0.2, 0.25) is 0 Å². The van der Waals surface area contributed by atoms with Gasteiger partial charge < -0.3 is 20.3 Å². The highest BCUT2D eigenvalue weighted by atomic mass is 19.1. The van der Waals surface area contributed by atoms with E-state index in [1.165, 1.54) is 0 Å². The molecule has 1 aliphatic heterocycles. The lowest BCUT2D eigenvalue weighted by Crippen LogP contribution is -2.37. The van der Waals surface area contributed by atoms with Crippen LogP contribution in [0.4, 0.5) is 4.39 Å². The molecular formula is C28H32FN5O3. The molecule has 2 aromatic carbocycles. The maximum absolute atomic E-state index is 15.6. The molecule has 37 heavy (non-hydrogen) atoms. The van der Waals surface area contributed by atoms with Gasteiger partial charge in [0.2, 0.25) is 0 Å². The van der Waals surface area contributed by atoms with Crippen LogP contribution < -0.4 is 0 Å². The lowest BCUT2D eigenvalue weighted by molar-refractivity contribution is 0.0533. The van der Waals surface area contributed by atoms with Gasteiger partial charge in [-0.15, -0.1) is 0 Å². The Morgan fingerprint density at radius 3 is 2.70 bits per heavy atom. The molecule has 0 amide bonds. The summed E-state index contributed by atoms with van der Waals surface area (Å²) < 4.78 is 15.6. The van der Waals surface area contributed by atoms with E-state index in [0.717, 1.165) is 22.4 Å². The number of nitrogens with one attached hydrogen (secondary N) is 2. The van der Waals surface area contributed by atoms with Crippen LogP contribution in [0.3, 0.4) is 0 Å². The molecule has 3 heterocycles. The van der Waals surface area contributed by atoms with Crippen molar-refractivity contribution in [2.24, 2.45) is 0 Å². The summed E-state index contributed by atoms with van der Waals surface area (Å²) in [6.45, 7) is 6.79. The number of phenolic OH excluding ortho intramolecular Hbond substituents is 1. The quantitative estimate of drug-likeness (QED) is 0.244. The Morgan fingerprint density at radius 1 is 1.19 bits per heavy atom. The summed E-state index contributed by atoms with van der Waals surface area (Å²) in [5, 5.41) is 37.6. The summed E-state index contributed by atoms with van der Waals surface area (Å²) >= 11 is 0. The number of benzene rings is 2. The number of hydrogen-bond acceptors (Lipinski definition) is 6. The zero-order chi connectivity index (χ0) is 26.3. The van der Waals surface area contributed by atoms with E-state index in [1.807, 2.05) is 19.1 Å². The molecule has 8 nitrogen and oxygen atoms in total. The zero-order valence-corrected chi connectivity index (χ0v) is 21.2. The molecule has 0 spiro atoms. The topological polar surface area (TPSA) is 121 Å². The van der Waals surface area contributed by atoms with Crippen LogP contribution in [0.15, 0.2) is 42.6 Å². The summed E-state index contributed by atoms with van der Waals surface area (Å²) in [4.78, 5) is 9.97. The average Bonchev–Trinajstić information content (AvgIpc) is 3.60. The molecule has 1 aliphatic rings. The van der Waals surface area contributed by atoms with E-state index >= 15 is 4.39 Å². The number of aromatic nitrogens is 4. The Morgan fingerprint density at radius 2 is 1.97 bits per heavy atom. The molecule has 0 saturated heterocycles. The predicted molar refractivity (Wildman–Crippen MR) is 141 cm³/mol. The highest BCUT2D eigenvalue weighted by Gasteiger charge is 2.28. The maximum Gasteiger partial charge on any atom is 0.159 e. The summed E-state index contributed by atoms with van der Waals surface area (Å²) in [6.07, 6.45) is 5.00. The lowest BCUT2D eigenvalue weighted by Gasteiger charge is -2.26. The Bertz CT molecular complexity index is 1470. The molecule has 0 saturated carbocycles. The van der Waals surface area contributed by atoms with Crippen molar-refractivity contribution in [1.82, 2.24) is 25.1 Å². The molecule has 5 N–H and O–H groups in total. The number of H-pyrrole nitrogens is 2. The van der Waals surface area contributed by atoms with Crippen molar-refractivity contribution in [2.75, 3.05) is 19.7 Å². The minimum atomic E-state index is -0.777. The molecule has 5 rings (SSSR count). The summed E-state index contributed by atoms with van der Waals surface area (Å²) in [5.74, 6) is 0.264. The van der Waals surface area contributed by atoms with Crippen LogP contribution in [0.25, 0.3) is 39.1 Å². The number of hydrogen-bond donors (Lipinski definition) is 5. The summed E-state index contributed by atoms with van der Waals surface area (Å²) in [6, 6.07) is 8.38. The number of halogens is 1.